The van der Waals surface area contributed by atoms with Crippen LogP contribution in [-0.4, -0.2) is 21.1 Å². The molecule has 0 aliphatic rings. The highest BCUT2D eigenvalue weighted by molar-refractivity contribution is 6.03. The van der Waals surface area contributed by atoms with Crippen LogP contribution in [0.4, 0.5) is 26.5 Å². The zero-order valence-corrected chi connectivity index (χ0v) is 15.5. The summed E-state index contributed by atoms with van der Waals surface area (Å²) in [6, 6.07) is 15.5. The van der Waals surface area contributed by atoms with Gasteiger partial charge in [0.2, 0.25) is 11.8 Å². The average molecular weight is 405 g/mol. The van der Waals surface area contributed by atoms with Gasteiger partial charge in [0, 0.05) is 34.8 Å². The van der Waals surface area contributed by atoms with Crippen molar-refractivity contribution < 1.29 is 19.0 Å². The molecule has 2 amide bonds. The summed E-state index contributed by atoms with van der Waals surface area (Å²) in [6.07, 6.45) is 1.49. The Balaban J connectivity index is 1.62. The fourth-order valence-corrected chi connectivity index (χ4v) is 2.89. The lowest BCUT2D eigenvalue weighted by molar-refractivity contribution is 0.259. The molecule has 4 aromatic rings. The highest BCUT2D eigenvalue weighted by Crippen LogP contribution is 2.34. The minimum atomic E-state index is -0.761. The summed E-state index contributed by atoms with van der Waals surface area (Å²) in [4.78, 5) is 19.6. The predicted molar refractivity (Wildman–Crippen MR) is 111 cm³/mol. The van der Waals surface area contributed by atoms with E-state index >= 15 is 0 Å². The number of ether oxygens (including phenoxy) is 1. The number of anilines is 3. The van der Waals surface area contributed by atoms with Gasteiger partial charge < -0.3 is 26.2 Å². The molecule has 0 radical (unpaired) electrons. The van der Waals surface area contributed by atoms with Gasteiger partial charge in [0.15, 0.2) is 11.6 Å². The van der Waals surface area contributed by atoms with E-state index in [4.69, 9.17) is 10.5 Å². The number of nitrogens with one attached hydrogen (secondary N) is 2. The summed E-state index contributed by atoms with van der Waals surface area (Å²) >= 11 is 0. The first-order valence-corrected chi connectivity index (χ1v) is 8.84. The van der Waals surface area contributed by atoms with Gasteiger partial charge in [0.25, 0.3) is 0 Å². The average Bonchev–Trinajstić information content (AvgIpc) is 2.73. The number of carbonyl (C=O) groups is 1. The Labute approximate surface area is 170 Å². The van der Waals surface area contributed by atoms with Gasteiger partial charge in [-0.05, 0) is 24.3 Å². The minimum absolute atomic E-state index is 0.189. The molecule has 5 N–H and O–H groups in total. The number of carbonyl (C=O) groups excluding carboxylic acids is 1. The largest absolute Gasteiger partial charge is 0.505 e. The normalized spacial score (nSPS) is 10.6. The molecule has 9 heteroatoms. The molecule has 0 spiro atoms. The molecule has 0 bridgehead atoms. The van der Waals surface area contributed by atoms with Gasteiger partial charge in [-0.25, -0.2) is 14.2 Å². The molecule has 0 unspecified atom stereocenters. The van der Waals surface area contributed by atoms with Crippen molar-refractivity contribution in [3.8, 4) is 17.4 Å². The van der Waals surface area contributed by atoms with Gasteiger partial charge in [-0.15, -0.1) is 0 Å². The van der Waals surface area contributed by atoms with Gasteiger partial charge in [-0.3, -0.25) is 0 Å². The third-order valence-electron chi connectivity index (χ3n) is 4.19. The number of primary amides is 1. The maximum absolute atomic E-state index is 13.5. The summed E-state index contributed by atoms with van der Waals surface area (Å²) in [5.41, 5.74) is 6.16. The number of aromatic hydroxyl groups is 1. The van der Waals surface area contributed by atoms with Crippen LogP contribution >= 0.6 is 0 Å². The maximum atomic E-state index is 13.5. The van der Waals surface area contributed by atoms with Crippen molar-refractivity contribution in [2.24, 2.45) is 5.73 Å². The molecule has 0 aliphatic heterocycles. The topological polar surface area (TPSA) is 122 Å². The van der Waals surface area contributed by atoms with Crippen LogP contribution in [0.2, 0.25) is 0 Å². The number of nitrogens with two attached hydrogens (primary N) is 1. The number of urea groups is 1. The molecular formula is C21H16FN5O3. The Morgan fingerprint density at radius 2 is 1.87 bits per heavy atom. The molecule has 0 saturated carbocycles. The van der Waals surface area contributed by atoms with Crippen molar-refractivity contribution in [2.75, 3.05) is 10.6 Å². The second-order valence-corrected chi connectivity index (χ2v) is 6.26. The molecule has 0 saturated heterocycles. The second-order valence-electron chi connectivity index (χ2n) is 6.26. The van der Waals surface area contributed by atoms with E-state index in [-0.39, 0.29) is 11.8 Å². The number of hydrogen-bond acceptors (Lipinski definition) is 6. The van der Waals surface area contributed by atoms with E-state index in [2.05, 4.69) is 20.6 Å². The first-order chi connectivity index (χ1) is 14.5. The van der Waals surface area contributed by atoms with Gasteiger partial charge >= 0.3 is 6.03 Å². The highest BCUT2D eigenvalue weighted by atomic mass is 19.1. The number of halogens is 1. The number of nitrogens with zero attached hydrogens (tertiary/aromatic N) is 2. The first kappa shape index (κ1) is 18.9. The molecule has 1 aromatic heterocycles. The van der Waals surface area contributed by atoms with Crippen LogP contribution in [0, 0.1) is 5.82 Å². The predicted octanol–water partition coefficient (Wildman–Crippen LogP) is 4.50. The molecule has 150 valence electrons. The van der Waals surface area contributed by atoms with Crippen LogP contribution in [0.3, 0.4) is 0 Å². The first-order valence-electron chi connectivity index (χ1n) is 8.84. The zero-order valence-electron chi connectivity index (χ0n) is 15.5. The highest BCUT2D eigenvalue weighted by Gasteiger charge is 2.10. The van der Waals surface area contributed by atoms with Crippen molar-refractivity contribution in [3.05, 3.63) is 72.7 Å². The SMILES string of the molecule is NC(=O)Nc1ccc(Oc2ccnc(Nc3ccc(O)c(F)c3)n2)c2ccccc12. The van der Waals surface area contributed by atoms with Crippen molar-refractivity contribution in [2.45, 2.75) is 0 Å². The standard InChI is InChI=1S/C21H16FN5O3/c22-15-11-12(5-7-17(15)28)25-21-24-10-9-19(27-21)30-18-8-6-16(26-20(23)29)13-3-1-2-4-14(13)18/h1-11,28H,(H3,23,26,29)(H,24,25,27). The number of amides is 2. The monoisotopic (exact) mass is 405 g/mol. The van der Waals surface area contributed by atoms with E-state index in [1.807, 2.05) is 24.3 Å². The van der Waals surface area contributed by atoms with Crippen molar-refractivity contribution in [1.29, 1.82) is 0 Å². The van der Waals surface area contributed by atoms with Crippen molar-refractivity contribution in [3.63, 3.8) is 0 Å². The van der Waals surface area contributed by atoms with Gasteiger partial charge in [0.1, 0.15) is 5.75 Å². The Bertz CT molecular complexity index is 1250. The fourth-order valence-electron chi connectivity index (χ4n) is 2.89. The Morgan fingerprint density at radius 3 is 2.63 bits per heavy atom. The second kappa shape index (κ2) is 7.92. The summed E-state index contributed by atoms with van der Waals surface area (Å²) in [7, 11) is 0. The van der Waals surface area contributed by atoms with Crippen LogP contribution in [0.15, 0.2) is 66.9 Å². The number of aromatic nitrogens is 2. The molecule has 8 nitrogen and oxygen atoms in total. The number of fused-ring (bicyclic) bond motifs is 1. The molecule has 0 atom stereocenters. The lowest BCUT2D eigenvalue weighted by atomic mass is 10.1. The lowest BCUT2D eigenvalue weighted by Crippen LogP contribution is -2.19. The quantitative estimate of drug-likeness (QED) is 0.363. The van der Waals surface area contributed by atoms with Gasteiger partial charge in [-0.1, -0.05) is 24.3 Å². The number of rotatable bonds is 5. The van der Waals surface area contributed by atoms with E-state index in [0.29, 0.717) is 17.1 Å². The van der Waals surface area contributed by atoms with Crippen LogP contribution < -0.4 is 21.1 Å². The number of hydrogen-bond donors (Lipinski definition) is 4. The summed E-state index contributed by atoms with van der Waals surface area (Å²) in [6.45, 7) is 0. The number of phenolic OH excluding ortho intramolecular Hbond substituents is 1. The molecule has 0 fully saturated rings. The molecule has 1 heterocycles. The minimum Gasteiger partial charge on any atom is -0.505 e. The van der Waals surface area contributed by atoms with Crippen molar-refractivity contribution >= 4 is 34.1 Å². The van der Waals surface area contributed by atoms with Gasteiger partial charge in [-0.2, -0.15) is 4.98 Å². The van der Waals surface area contributed by atoms with Crippen LogP contribution in [0.1, 0.15) is 0 Å². The van der Waals surface area contributed by atoms with Crippen molar-refractivity contribution in [1.82, 2.24) is 9.97 Å². The molecular weight excluding hydrogens is 389 g/mol. The van der Waals surface area contributed by atoms with Crippen LogP contribution in [-0.2, 0) is 0 Å². The van der Waals surface area contributed by atoms with Crippen LogP contribution in [0.25, 0.3) is 10.8 Å². The molecule has 4 rings (SSSR count). The molecule has 30 heavy (non-hydrogen) atoms. The smallest absolute Gasteiger partial charge is 0.316 e. The Morgan fingerprint density at radius 1 is 1.07 bits per heavy atom. The van der Waals surface area contributed by atoms with Gasteiger partial charge in [0.05, 0.1) is 5.69 Å². The fraction of sp³-hybridized carbons (Fsp3) is 0. The summed E-state index contributed by atoms with van der Waals surface area (Å²) in [5.74, 6) is -0.245. The van der Waals surface area contributed by atoms with E-state index in [0.717, 1.165) is 16.8 Å². The van der Waals surface area contributed by atoms with Crippen LogP contribution in [0.5, 0.6) is 17.4 Å². The third kappa shape index (κ3) is 4.04. The van der Waals surface area contributed by atoms with E-state index < -0.39 is 17.6 Å². The van der Waals surface area contributed by atoms with E-state index in [1.165, 1.54) is 18.3 Å². The Kier molecular flexibility index (Phi) is 5.00. The summed E-state index contributed by atoms with van der Waals surface area (Å²) in [5, 5.41) is 16.2. The number of phenols is 1. The lowest BCUT2D eigenvalue weighted by Gasteiger charge is -2.12. The zero-order chi connectivity index (χ0) is 21.1. The Hall–Kier alpha value is -4.40. The summed E-state index contributed by atoms with van der Waals surface area (Å²) < 4.78 is 19.4. The molecule has 0 aliphatic carbocycles. The third-order valence-corrected chi connectivity index (χ3v) is 4.19. The maximum Gasteiger partial charge on any atom is 0.316 e. The van der Waals surface area contributed by atoms with E-state index in [1.54, 1.807) is 18.2 Å². The van der Waals surface area contributed by atoms with E-state index in [9.17, 15) is 14.3 Å². The number of benzene rings is 3. The molecule has 3 aromatic carbocycles.